The predicted molar refractivity (Wildman–Crippen MR) is 151 cm³/mol. The first kappa shape index (κ1) is 31.0. The molecule has 0 bridgehead atoms. The van der Waals surface area contributed by atoms with E-state index in [9.17, 15) is 34.5 Å². The molecule has 3 amide bonds. The van der Waals surface area contributed by atoms with E-state index in [0.29, 0.717) is 16.8 Å². The van der Waals surface area contributed by atoms with Gasteiger partial charge >= 0.3 is 5.97 Å². The standard InChI is InChI=1S/C27H32N6O7S/c28-20(9-15-1-5-18(34)6-2-15)24(36)31-21(10-16-3-7-19(35)8-4-16)25(37)32-22(11-17-12-29-14-30-17)26(38)33-23(13-41)27(39)40/h1-8,12,14,20-23,34-35,41H,9-11,13,28H2,(H,29,30)(H,31,36)(H,32,37)(H,33,38)(H,39,40). The number of hydrogen-bond acceptors (Lipinski definition) is 9. The molecule has 0 aliphatic rings. The Bertz CT molecular complexity index is 1320. The summed E-state index contributed by atoms with van der Waals surface area (Å²) in [7, 11) is 0. The summed E-state index contributed by atoms with van der Waals surface area (Å²) in [6.45, 7) is 0. The van der Waals surface area contributed by atoms with E-state index in [-0.39, 0.29) is 36.5 Å². The van der Waals surface area contributed by atoms with Gasteiger partial charge in [-0.05, 0) is 41.8 Å². The highest BCUT2D eigenvalue weighted by Crippen LogP contribution is 2.13. The van der Waals surface area contributed by atoms with Crippen LogP contribution in [0.1, 0.15) is 16.8 Å². The maximum Gasteiger partial charge on any atom is 0.327 e. The SMILES string of the molecule is NC(Cc1ccc(O)cc1)C(=O)NC(Cc1ccc(O)cc1)C(=O)NC(Cc1cnc[nH]1)C(=O)NC(CS)C(=O)O. The Labute approximate surface area is 241 Å². The molecule has 0 aliphatic heterocycles. The van der Waals surface area contributed by atoms with Gasteiger partial charge in [0.1, 0.15) is 29.6 Å². The number of nitrogens with one attached hydrogen (secondary N) is 4. The molecule has 9 N–H and O–H groups in total. The molecule has 0 aliphatic carbocycles. The van der Waals surface area contributed by atoms with Gasteiger partial charge in [-0.1, -0.05) is 24.3 Å². The van der Waals surface area contributed by atoms with E-state index in [1.165, 1.54) is 36.8 Å². The van der Waals surface area contributed by atoms with Crippen LogP contribution in [0.4, 0.5) is 0 Å². The molecule has 3 aromatic rings. The fraction of sp³-hybridized carbons (Fsp3) is 0.296. The van der Waals surface area contributed by atoms with Gasteiger partial charge in [0.25, 0.3) is 0 Å². The highest BCUT2D eigenvalue weighted by molar-refractivity contribution is 7.80. The first-order chi connectivity index (χ1) is 19.5. The number of aromatic nitrogens is 2. The maximum absolute atomic E-state index is 13.5. The molecule has 41 heavy (non-hydrogen) atoms. The van der Waals surface area contributed by atoms with Crippen LogP contribution in [-0.4, -0.2) is 78.9 Å². The molecule has 14 heteroatoms. The minimum atomic E-state index is -1.29. The molecule has 0 spiro atoms. The van der Waals surface area contributed by atoms with Gasteiger partial charge in [-0.15, -0.1) is 0 Å². The lowest BCUT2D eigenvalue weighted by Crippen LogP contribution is -2.58. The zero-order chi connectivity index (χ0) is 29.9. The summed E-state index contributed by atoms with van der Waals surface area (Å²) in [5, 5.41) is 36.0. The van der Waals surface area contributed by atoms with Crippen molar-refractivity contribution in [3.05, 3.63) is 77.9 Å². The first-order valence-electron chi connectivity index (χ1n) is 12.6. The highest BCUT2D eigenvalue weighted by Gasteiger charge is 2.30. The number of phenolic OH excluding ortho intramolecular Hbond substituents is 2. The third-order valence-corrected chi connectivity index (χ3v) is 6.51. The van der Waals surface area contributed by atoms with E-state index in [2.05, 4.69) is 38.5 Å². The van der Waals surface area contributed by atoms with Gasteiger partial charge in [-0.3, -0.25) is 14.4 Å². The van der Waals surface area contributed by atoms with Crippen LogP contribution >= 0.6 is 12.6 Å². The summed E-state index contributed by atoms with van der Waals surface area (Å²) in [6.07, 6.45) is 2.93. The van der Waals surface area contributed by atoms with Gasteiger partial charge in [-0.25, -0.2) is 9.78 Å². The second-order valence-corrected chi connectivity index (χ2v) is 9.70. The number of nitrogens with zero attached hydrogens (tertiary/aromatic N) is 1. The number of carbonyl (C=O) groups excluding carboxylic acids is 3. The van der Waals surface area contributed by atoms with Crippen molar-refractivity contribution in [2.75, 3.05) is 5.75 Å². The monoisotopic (exact) mass is 584 g/mol. The number of H-pyrrole nitrogens is 1. The quantitative estimate of drug-likeness (QED) is 0.113. The summed E-state index contributed by atoms with van der Waals surface area (Å²) in [5.41, 5.74) is 7.90. The zero-order valence-corrected chi connectivity index (χ0v) is 22.8. The molecule has 0 fully saturated rings. The van der Waals surface area contributed by atoms with E-state index in [1.54, 1.807) is 24.3 Å². The van der Waals surface area contributed by atoms with Crippen LogP contribution in [0.2, 0.25) is 0 Å². The number of amides is 3. The lowest BCUT2D eigenvalue weighted by molar-refractivity contribution is -0.141. The lowest BCUT2D eigenvalue weighted by Gasteiger charge is -2.25. The van der Waals surface area contributed by atoms with Crippen molar-refractivity contribution in [1.82, 2.24) is 25.9 Å². The fourth-order valence-electron chi connectivity index (χ4n) is 3.89. The van der Waals surface area contributed by atoms with Crippen molar-refractivity contribution in [1.29, 1.82) is 0 Å². The number of aliphatic carboxylic acids is 1. The lowest BCUT2D eigenvalue weighted by atomic mass is 10.0. The van der Waals surface area contributed by atoms with Crippen LogP contribution in [0.3, 0.4) is 0 Å². The Morgan fingerprint density at radius 1 is 0.780 bits per heavy atom. The third kappa shape index (κ3) is 9.54. The number of carboxylic acids is 1. The van der Waals surface area contributed by atoms with Crippen molar-refractivity contribution in [2.45, 2.75) is 43.4 Å². The van der Waals surface area contributed by atoms with Crippen LogP contribution in [-0.2, 0) is 38.4 Å². The van der Waals surface area contributed by atoms with E-state index < -0.39 is 47.9 Å². The minimum Gasteiger partial charge on any atom is -0.508 e. The van der Waals surface area contributed by atoms with Crippen LogP contribution < -0.4 is 21.7 Å². The van der Waals surface area contributed by atoms with Gasteiger partial charge in [-0.2, -0.15) is 12.6 Å². The molecule has 0 saturated carbocycles. The first-order valence-corrected chi connectivity index (χ1v) is 13.2. The van der Waals surface area contributed by atoms with E-state index in [0.717, 1.165) is 0 Å². The van der Waals surface area contributed by atoms with E-state index >= 15 is 0 Å². The van der Waals surface area contributed by atoms with E-state index in [4.69, 9.17) is 5.73 Å². The van der Waals surface area contributed by atoms with Crippen LogP contribution in [0.25, 0.3) is 0 Å². The van der Waals surface area contributed by atoms with Gasteiger partial charge in [0.2, 0.25) is 17.7 Å². The largest absolute Gasteiger partial charge is 0.508 e. The molecule has 0 saturated heterocycles. The average Bonchev–Trinajstić information content (AvgIpc) is 3.46. The van der Waals surface area contributed by atoms with Crippen LogP contribution in [0.5, 0.6) is 11.5 Å². The third-order valence-electron chi connectivity index (χ3n) is 6.15. The van der Waals surface area contributed by atoms with Gasteiger partial charge < -0.3 is 42.0 Å². The molecule has 1 heterocycles. The molecule has 4 atom stereocenters. The number of carbonyl (C=O) groups is 4. The summed E-state index contributed by atoms with van der Waals surface area (Å²) in [4.78, 5) is 57.8. The molecular weight excluding hydrogens is 552 g/mol. The Hall–Kier alpha value is -4.56. The van der Waals surface area contributed by atoms with Gasteiger partial charge in [0.15, 0.2) is 0 Å². The number of phenols is 2. The Balaban J connectivity index is 1.80. The van der Waals surface area contributed by atoms with E-state index in [1.807, 2.05) is 0 Å². The van der Waals surface area contributed by atoms with Gasteiger partial charge in [0.05, 0.1) is 12.4 Å². The number of benzene rings is 2. The Morgan fingerprint density at radius 3 is 1.76 bits per heavy atom. The number of carboxylic acid groups (broad SMARTS) is 1. The van der Waals surface area contributed by atoms with Crippen molar-refractivity contribution in [3.8, 4) is 11.5 Å². The van der Waals surface area contributed by atoms with Crippen molar-refractivity contribution >= 4 is 36.3 Å². The average molecular weight is 585 g/mol. The van der Waals surface area contributed by atoms with Crippen molar-refractivity contribution in [2.24, 2.45) is 5.73 Å². The molecule has 13 nitrogen and oxygen atoms in total. The summed E-state index contributed by atoms with van der Waals surface area (Å²) in [5.74, 6) is -3.51. The molecule has 218 valence electrons. The second-order valence-electron chi connectivity index (χ2n) is 9.33. The summed E-state index contributed by atoms with van der Waals surface area (Å²) >= 11 is 3.96. The summed E-state index contributed by atoms with van der Waals surface area (Å²) < 4.78 is 0. The van der Waals surface area contributed by atoms with Crippen LogP contribution in [0.15, 0.2) is 61.1 Å². The Morgan fingerprint density at radius 2 is 1.27 bits per heavy atom. The highest BCUT2D eigenvalue weighted by atomic mass is 32.1. The number of hydrogen-bond donors (Lipinski definition) is 9. The molecule has 2 aromatic carbocycles. The zero-order valence-electron chi connectivity index (χ0n) is 21.9. The number of thiol groups is 1. The smallest absolute Gasteiger partial charge is 0.327 e. The fourth-order valence-corrected chi connectivity index (χ4v) is 4.14. The number of nitrogens with two attached hydrogens (primary N) is 1. The molecule has 0 radical (unpaired) electrons. The minimum absolute atomic E-state index is 0.00340. The normalized spacial score (nSPS) is 13.8. The van der Waals surface area contributed by atoms with Crippen molar-refractivity contribution in [3.63, 3.8) is 0 Å². The maximum atomic E-state index is 13.5. The number of rotatable bonds is 14. The number of aromatic hydroxyl groups is 2. The van der Waals surface area contributed by atoms with Crippen LogP contribution in [0, 0.1) is 0 Å². The second kappa shape index (κ2) is 14.7. The van der Waals surface area contributed by atoms with Gasteiger partial charge in [0, 0.05) is 30.5 Å². The molecular formula is C27H32N6O7S. The number of aromatic amines is 1. The summed E-state index contributed by atoms with van der Waals surface area (Å²) in [6, 6.07) is 7.46. The number of imidazole rings is 1. The topological polar surface area (TPSA) is 220 Å². The molecule has 1 aromatic heterocycles. The van der Waals surface area contributed by atoms with Crippen molar-refractivity contribution < 1.29 is 34.5 Å². The predicted octanol–water partition coefficient (Wildman–Crippen LogP) is -0.355. The molecule has 4 unspecified atom stereocenters. The Kier molecular flexibility index (Phi) is 11.1. The molecule has 3 rings (SSSR count).